The van der Waals surface area contributed by atoms with Gasteiger partial charge in [0.1, 0.15) is 22.2 Å². The molecular formula is C17H16BrClO5S. The Bertz CT molecular complexity index is 925. The van der Waals surface area contributed by atoms with Gasteiger partial charge in [0.05, 0.1) is 12.9 Å². The number of phenolic OH excluding ortho intramolecular Hbond substituents is 1. The van der Waals surface area contributed by atoms with Crippen LogP contribution in [0.25, 0.3) is 0 Å². The van der Waals surface area contributed by atoms with Gasteiger partial charge in [0.25, 0.3) is 0 Å². The largest absolute Gasteiger partial charge is 0.507 e. The number of hydrogen-bond acceptors (Lipinski definition) is 5. The molecule has 0 saturated carbocycles. The molecule has 0 aliphatic carbocycles. The minimum Gasteiger partial charge on any atom is -0.507 e. The molecule has 0 aliphatic rings. The van der Waals surface area contributed by atoms with E-state index in [4.69, 9.17) is 16.3 Å². The van der Waals surface area contributed by atoms with Crippen LogP contribution in [0.1, 0.15) is 18.1 Å². The molecule has 2 aromatic rings. The highest BCUT2D eigenvalue weighted by atomic mass is 79.9. The van der Waals surface area contributed by atoms with Crippen molar-refractivity contribution in [1.29, 1.82) is 0 Å². The second-order valence-electron chi connectivity index (χ2n) is 5.51. The van der Waals surface area contributed by atoms with Crippen molar-refractivity contribution >= 4 is 43.2 Å². The van der Waals surface area contributed by atoms with Gasteiger partial charge in [-0.25, -0.2) is 8.42 Å². The van der Waals surface area contributed by atoms with Crippen molar-refractivity contribution in [2.24, 2.45) is 0 Å². The first-order valence-electron chi connectivity index (χ1n) is 7.20. The zero-order valence-electron chi connectivity index (χ0n) is 13.5. The minimum atomic E-state index is -3.82. The number of aromatic hydroxyl groups is 1. The minimum absolute atomic E-state index is 0.00290. The number of Topliss-reactive ketones (excluding diaryl/α,β-unsaturated/α-hetero) is 1. The summed E-state index contributed by atoms with van der Waals surface area (Å²) in [6.45, 7) is 1.38. The highest BCUT2D eigenvalue weighted by molar-refractivity contribution is 9.10. The Morgan fingerprint density at radius 1 is 1.24 bits per heavy atom. The molecule has 0 spiro atoms. The molecule has 0 heterocycles. The van der Waals surface area contributed by atoms with Crippen LogP contribution < -0.4 is 4.74 Å². The fourth-order valence-corrected chi connectivity index (χ4v) is 4.73. The van der Waals surface area contributed by atoms with Crippen LogP contribution in [0.3, 0.4) is 0 Å². The molecule has 0 unspecified atom stereocenters. The predicted octanol–water partition coefficient (Wildman–Crippen LogP) is 3.92. The molecule has 0 fully saturated rings. The molecule has 2 aromatic carbocycles. The number of rotatable bonds is 6. The van der Waals surface area contributed by atoms with Crippen LogP contribution in [0, 0.1) is 0 Å². The van der Waals surface area contributed by atoms with Crippen molar-refractivity contribution in [1.82, 2.24) is 0 Å². The Morgan fingerprint density at radius 2 is 1.88 bits per heavy atom. The summed E-state index contributed by atoms with van der Waals surface area (Å²) in [5, 5.41) is 10.6. The van der Waals surface area contributed by atoms with E-state index in [1.807, 2.05) is 0 Å². The van der Waals surface area contributed by atoms with Gasteiger partial charge in [0.2, 0.25) is 0 Å². The average molecular weight is 448 g/mol. The van der Waals surface area contributed by atoms with Crippen LogP contribution in [0.5, 0.6) is 11.5 Å². The lowest BCUT2D eigenvalue weighted by Gasteiger charge is -2.13. The molecule has 2 rings (SSSR count). The van der Waals surface area contributed by atoms with E-state index in [1.54, 1.807) is 6.07 Å². The van der Waals surface area contributed by atoms with Crippen molar-refractivity contribution in [3.05, 3.63) is 51.0 Å². The quantitative estimate of drug-likeness (QED) is 0.726. The van der Waals surface area contributed by atoms with Gasteiger partial charge in [-0.3, -0.25) is 4.79 Å². The van der Waals surface area contributed by atoms with E-state index in [2.05, 4.69) is 15.9 Å². The normalized spacial score (nSPS) is 11.4. The molecule has 0 radical (unpaired) electrons. The zero-order chi connectivity index (χ0) is 18.8. The Labute approximate surface area is 159 Å². The predicted molar refractivity (Wildman–Crippen MR) is 99.1 cm³/mol. The Morgan fingerprint density at radius 3 is 2.48 bits per heavy atom. The summed E-state index contributed by atoms with van der Waals surface area (Å²) in [6, 6.07) is 7.47. The van der Waals surface area contributed by atoms with Gasteiger partial charge < -0.3 is 9.84 Å². The number of ketones is 1. The molecule has 0 aromatic heterocycles. The van der Waals surface area contributed by atoms with Gasteiger partial charge >= 0.3 is 0 Å². The fourth-order valence-electron chi connectivity index (χ4n) is 2.41. The molecule has 8 heteroatoms. The van der Waals surface area contributed by atoms with E-state index in [1.165, 1.54) is 38.3 Å². The van der Waals surface area contributed by atoms with E-state index in [-0.39, 0.29) is 39.2 Å². The highest BCUT2D eigenvalue weighted by Crippen LogP contribution is 2.34. The number of carbonyl (C=O) groups excluding carboxylic acids is 1. The molecule has 25 heavy (non-hydrogen) atoms. The number of carbonyl (C=O) groups is 1. The van der Waals surface area contributed by atoms with Crippen molar-refractivity contribution in [2.75, 3.05) is 7.11 Å². The summed E-state index contributed by atoms with van der Waals surface area (Å²) < 4.78 is 31.3. The van der Waals surface area contributed by atoms with Gasteiger partial charge in [-0.2, -0.15) is 0 Å². The van der Waals surface area contributed by atoms with Crippen molar-refractivity contribution < 1.29 is 23.1 Å². The van der Waals surface area contributed by atoms with E-state index >= 15 is 0 Å². The molecule has 1 N–H and O–H groups in total. The maximum atomic E-state index is 12.8. The number of methoxy groups -OCH3 is 1. The Kier molecular flexibility index (Phi) is 6.13. The van der Waals surface area contributed by atoms with Gasteiger partial charge in [0, 0.05) is 27.0 Å². The monoisotopic (exact) mass is 446 g/mol. The third-order valence-corrected chi connectivity index (χ3v) is 5.87. The van der Waals surface area contributed by atoms with Crippen LogP contribution in [0.2, 0.25) is 5.02 Å². The topological polar surface area (TPSA) is 80.7 Å². The molecule has 0 saturated heterocycles. The first-order chi connectivity index (χ1) is 11.6. The lowest BCUT2D eigenvalue weighted by atomic mass is 10.1. The maximum absolute atomic E-state index is 12.8. The standard InChI is InChI=1S/C17H16BrClO5S/c1-10(20)5-11-6-14(19)7-12(17(11)21)9-25(22,23)16-8-13(18)3-4-15(16)24-2/h3-4,6-8,21H,5,9H2,1-2H3. The summed E-state index contributed by atoms with van der Waals surface area (Å²) in [6.07, 6.45) is -0.0281. The third-order valence-electron chi connectivity index (χ3n) is 3.48. The molecule has 0 bridgehead atoms. The molecule has 134 valence electrons. The van der Waals surface area contributed by atoms with Crippen LogP contribution >= 0.6 is 27.5 Å². The summed E-state index contributed by atoms with van der Waals surface area (Å²) >= 11 is 9.25. The Balaban J connectivity index is 2.50. The van der Waals surface area contributed by atoms with Gasteiger partial charge in [0.15, 0.2) is 9.84 Å². The van der Waals surface area contributed by atoms with E-state index in [0.29, 0.717) is 10.0 Å². The zero-order valence-corrected chi connectivity index (χ0v) is 16.7. The van der Waals surface area contributed by atoms with Crippen molar-refractivity contribution in [2.45, 2.75) is 24.0 Å². The highest BCUT2D eigenvalue weighted by Gasteiger charge is 2.23. The maximum Gasteiger partial charge on any atom is 0.186 e. The summed E-state index contributed by atoms with van der Waals surface area (Å²) in [5.74, 6) is -0.678. The SMILES string of the molecule is COc1ccc(Br)cc1S(=O)(=O)Cc1cc(Cl)cc(CC(C)=O)c1O. The molecule has 0 amide bonds. The number of benzene rings is 2. The fraction of sp³-hybridized carbons (Fsp3) is 0.235. The second kappa shape index (κ2) is 7.76. The number of ether oxygens (including phenoxy) is 1. The summed E-state index contributed by atoms with van der Waals surface area (Å²) in [4.78, 5) is 11.3. The molecule has 5 nitrogen and oxygen atoms in total. The number of phenols is 1. The van der Waals surface area contributed by atoms with Crippen LogP contribution in [-0.2, 0) is 26.8 Å². The van der Waals surface area contributed by atoms with Gasteiger partial charge in [-0.05, 0) is 37.3 Å². The lowest BCUT2D eigenvalue weighted by Crippen LogP contribution is -2.08. The third kappa shape index (κ3) is 4.74. The first kappa shape index (κ1) is 19.8. The lowest BCUT2D eigenvalue weighted by molar-refractivity contribution is -0.116. The number of hydrogen-bond donors (Lipinski definition) is 1. The van der Waals surface area contributed by atoms with Crippen LogP contribution in [0.4, 0.5) is 0 Å². The molecule has 0 aliphatic heterocycles. The van der Waals surface area contributed by atoms with E-state index in [0.717, 1.165) is 0 Å². The second-order valence-corrected chi connectivity index (χ2v) is 8.82. The van der Waals surface area contributed by atoms with E-state index in [9.17, 15) is 18.3 Å². The van der Waals surface area contributed by atoms with Crippen LogP contribution in [-0.4, -0.2) is 26.4 Å². The smallest absolute Gasteiger partial charge is 0.186 e. The van der Waals surface area contributed by atoms with Crippen LogP contribution in [0.15, 0.2) is 39.7 Å². The Hall–Kier alpha value is -1.57. The van der Waals surface area contributed by atoms with Crippen molar-refractivity contribution in [3.63, 3.8) is 0 Å². The number of halogens is 2. The average Bonchev–Trinajstić information content (AvgIpc) is 2.51. The number of sulfone groups is 1. The summed E-state index contributed by atoms with van der Waals surface area (Å²) in [5.41, 5.74) is 0.428. The molecular weight excluding hydrogens is 432 g/mol. The molecule has 0 atom stereocenters. The van der Waals surface area contributed by atoms with E-state index < -0.39 is 15.6 Å². The first-order valence-corrected chi connectivity index (χ1v) is 10.0. The summed E-state index contributed by atoms with van der Waals surface area (Å²) in [7, 11) is -2.44. The van der Waals surface area contributed by atoms with Crippen molar-refractivity contribution in [3.8, 4) is 11.5 Å². The van der Waals surface area contributed by atoms with Gasteiger partial charge in [-0.1, -0.05) is 27.5 Å². The van der Waals surface area contributed by atoms with Gasteiger partial charge in [-0.15, -0.1) is 0 Å².